The smallest absolute Gasteiger partial charge is 0.191 e. The molecule has 6 heteroatoms. The fourth-order valence-corrected chi connectivity index (χ4v) is 2.72. The van der Waals surface area contributed by atoms with Crippen LogP contribution in [0.4, 0.5) is 0 Å². The highest BCUT2D eigenvalue weighted by atomic mass is 16.5. The summed E-state index contributed by atoms with van der Waals surface area (Å²) in [6.45, 7) is 4.22. The average molecular weight is 358 g/mol. The molecule has 26 heavy (non-hydrogen) atoms. The maximum absolute atomic E-state index is 5.63. The number of benzene rings is 1. The largest absolute Gasteiger partial charge is 0.493 e. The Morgan fingerprint density at radius 1 is 1.15 bits per heavy atom. The molecule has 1 aromatic carbocycles. The number of guanidine groups is 1. The van der Waals surface area contributed by atoms with Gasteiger partial charge in [0.2, 0.25) is 0 Å². The van der Waals surface area contributed by atoms with Gasteiger partial charge >= 0.3 is 0 Å². The van der Waals surface area contributed by atoms with E-state index in [4.69, 9.17) is 9.47 Å². The second-order valence-corrected chi connectivity index (χ2v) is 6.06. The summed E-state index contributed by atoms with van der Waals surface area (Å²) in [5.41, 5.74) is 2.47. The molecule has 2 aromatic rings. The number of nitrogens with zero attached hydrogens (tertiary/aromatic N) is 2. The molecule has 0 saturated heterocycles. The molecule has 0 aliphatic heterocycles. The molecule has 142 valence electrons. The highest BCUT2D eigenvalue weighted by Gasteiger charge is 2.05. The summed E-state index contributed by atoms with van der Waals surface area (Å²) in [5, 5.41) is 6.68. The van der Waals surface area contributed by atoms with Crippen molar-refractivity contribution in [1.82, 2.24) is 15.2 Å². The molecule has 1 aromatic heterocycles. The summed E-state index contributed by atoms with van der Waals surface area (Å²) >= 11 is 0. The molecule has 0 aliphatic rings. The van der Waals surface area contributed by atoms with Crippen LogP contribution in [0.1, 0.15) is 24.5 Å². The lowest BCUT2D eigenvalue weighted by Crippen LogP contribution is -2.37. The Bertz CT molecular complexity index is 710. The van der Waals surface area contributed by atoms with Crippen molar-refractivity contribution in [1.29, 1.82) is 0 Å². The minimum absolute atomic E-state index is 0.630. The standard InChI is InChI=1S/C20H30N4O2/c1-5-26-19-13-16(8-9-18(19)25-4)7-6-11-22-20(21-2)23-14-17-10-12-24(3)15-17/h8-10,12-13,15H,5-7,11,14H2,1-4H3,(H2,21,22,23). The molecule has 0 saturated carbocycles. The van der Waals surface area contributed by atoms with Crippen LogP contribution in [-0.2, 0) is 20.0 Å². The highest BCUT2D eigenvalue weighted by Crippen LogP contribution is 2.28. The van der Waals surface area contributed by atoms with E-state index in [1.807, 2.05) is 30.8 Å². The van der Waals surface area contributed by atoms with Crippen LogP contribution < -0.4 is 20.1 Å². The summed E-state index contributed by atoms with van der Waals surface area (Å²) in [7, 11) is 5.47. The number of aromatic nitrogens is 1. The van der Waals surface area contributed by atoms with Crippen molar-refractivity contribution < 1.29 is 9.47 Å². The van der Waals surface area contributed by atoms with Gasteiger partial charge < -0.3 is 24.7 Å². The van der Waals surface area contributed by atoms with Crippen LogP contribution in [-0.4, -0.2) is 37.8 Å². The Balaban J connectivity index is 1.75. The lowest BCUT2D eigenvalue weighted by Gasteiger charge is -2.13. The van der Waals surface area contributed by atoms with Crippen LogP contribution in [0.25, 0.3) is 0 Å². The lowest BCUT2D eigenvalue weighted by molar-refractivity contribution is 0.310. The van der Waals surface area contributed by atoms with Crippen molar-refractivity contribution in [3.63, 3.8) is 0 Å². The van der Waals surface area contributed by atoms with Gasteiger partial charge in [-0.3, -0.25) is 4.99 Å². The van der Waals surface area contributed by atoms with E-state index in [9.17, 15) is 0 Å². The Morgan fingerprint density at radius 3 is 2.65 bits per heavy atom. The van der Waals surface area contributed by atoms with Crippen molar-refractivity contribution in [2.75, 3.05) is 27.3 Å². The monoisotopic (exact) mass is 358 g/mol. The van der Waals surface area contributed by atoms with Gasteiger partial charge in [-0.05, 0) is 49.1 Å². The molecule has 0 radical (unpaired) electrons. The molecule has 6 nitrogen and oxygen atoms in total. The Labute approximate surface area is 156 Å². The zero-order valence-electron chi connectivity index (χ0n) is 16.2. The Hall–Kier alpha value is -2.63. The molecule has 0 amide bonds. The van der Waals surface area contributed by atoms with E-state index in [0.29, 0.717) is 6.61 Å². The van der Waals surface area contributed by atoms with E-state index in [0.717, 1.165) is 43.4 Å². The second-order valence-electron chi connectivity index (χ2n) is 6.06. The Morgan fingerprint density at radius 2 is 2.00 bits per heavy atom. The number of aryl methyl sites for hydroxylation is 2. The average Bonchev–Trinajstić information content (AvgIpc) is 3.07. The third-order valence-corrected chi connectivity index (χ3v) is 4.04. The zero-order chi connectivity index (χ0) is 18.8. The molecule has 0 atom stereocenters. The molecule has 2 rings (SSSR count). The molecule has 2 N–H and O–H groups in total. The van der Waals surface area contributed by atoms with Crippen molar-refractivity contribution in [2.24, 2.45) is 12.0 Å². The predicted molar refractivity (Wildman–Crippen MR) is 106 cm³/mol. The third kappa shape index (κ3) is 6.02. The summed E-state index contributed by atoms with van der Waals surface area (Å²) in [4.78, 5) is 4.27. The van der Waals surface area contributed by atoms with Crippen molar-refractivity contribution in [3.8, 4) is 11.5 Å². The van der Waals surface area contributed by atoms with Gasteiger partial charge in [0.05, 0.1) is 13.7 Å². The summed E-state index contributed by atoms with van der Waals surface area (Å²) in [6, 6.07) is 8.21. The van der Waals surface area contributed by atoms with Gasteiger partial charge in [0, 0.05) is 39.6 Å². The summed E-state index contributed by atoms with van der Waals surface area (Å²) < 4.78 is 13.0. The number of methoxy groups -OCH3 is 1. The number of nitrogens with one attached hydrogen (secondary N) is 2. The van der Waals surface area contributed by atoms with Gasteiger partial charge in [0.15, 0.2) is 17.5 Å². The minimum Gasteiger partial charge on any atom is -0.493 e. The molecule has 0 bridgehead atoms. The van der Waals surface area contributed by atoms with Crippen LogP contribution in [0.5, 0.6) is 11.5 Å². The van der Waals surface area contributed by atoms with E-state index in [1.165, 1.54) is 11.1 Å². The fourth-order valence-electron chi connectivity index (χ4n) is 2.72. The van der Waals surface area contributed by atoms with E-state index < -0.39 is 0 Å². The number of hydrogen-bond acceptors (Lipinski definition) is 3. The van der Waals surface area contributed by atoms with Gasteiger partial charge in [0.25, 0.3) is 0 Å². The SMILES string of the molecule is CCOc1cc(CCCNC(=NC)NCc2ccn(C)c2)ccc1OC. The topological polar surface area (TPSA) is 59.8 Å². The number of rotatable bonds is 9. The van der Waals surface area contributed by atoms with Crippen LogP contribution in [0.15, 0.2) is 41.7 Å². The molecular weight excluding hydrogens is 328 g/mol. The molecule has 0 fully saturated rings. The van der Waals surface area contributed by atoms with Gasteiger partial charge in [-0.1, -0.05) is 6.07 Å². The highest BCUT2D eigenvalue weighted by molar-refractivity contribution is 5.79. The second kappa shape index (κ2) is 10.4. The normalized spacial score (nSPS) is 11.3. The maximum Gasteiger partial charge on any atom is 0.191 e. The fraction of sp³-hybridized carbons (Fsp3) is 0.450. The van der Waals surface area contributed by atoms with Crippen LogP contribution in [0, 0.1) is 0 Å². The predicted octanol–water partition coefficient (Wildman–Crippen LogP) is 2.73. The molecule has 0 aliphatic carbocycles. The summed E-state index contributed by atoms with van der Waals surface area (Å²) in [6.07, 6.45) is 6.11. The maximum atomic E-state index is 5.63. The van der Waals surface area contributed by atoms with E-state index in [-0.39, 0.29) is 0 Å². The van der Waals surface area contributed by atoms with Crippen LogP contribution in [0.3, 0.4) is 0 Å². The van der Waals surface area contributed by atoms with Crippen molar-refractivity contribution in [2.45, 2.75) is 26.3 Å². The molecular formula is C20H30N4O2. The summed E-state index contributed by atoms with van der Waals surface area (Å²) in [5.74, 6) is 2.40. The number of ether oxygens (including phenoxy) is 2. The van der Waals surface area contributed by atoms with Crippen molar-refractivity contribution in [3.05, 3.63) is 47.8 Å². The van der Waals surface area contributed by atoms with Crippen LogP contribution in [0.2, 0.25) is 0 Å². The molecule has 1 heterocycles. The lowest BCUT2D eigenvalue weighted by atomic mass is 10.1. The first-order valence-corrected chi connectivity index (χ1v) is 9.01. The van der Waals surface area contributed by atoms with Gasteiger partial charge in [0.1, 0.15) is 0 Å². The number of hydrogen-bond donors (Lipinski definition) is 2. The quantitative estimate of drug-likeness (QED) is 0.411. The molecule has 0 spiro atoms. The zero-order valence-corrected chi connectivity index (χ0v) is 16.2. The third-order valence-electron chi connectivity index (χ3n) is 4.04. The first-order chi connectivity index (χ1) is 12.7. The first kappa shape index (κ1) is 19.7. The van der Waals surface area contributed by atoms with Gasteiger partial charge in [-0.25, -0.2) is 0 Å². The molecule has 0 unspecified atom stereocenters. The van der Waals surface area contributed by atoms with Crippen molar-refractivity contribution >= 4 is 5.96 Å². The van der Waals surface area contributed by atoms with Crippen LogP contribution >= 0.6 is 0 Å². The van der Waals surface area contributed by atoms with E-state index in [1.54, 1.807) is 14.2 Å². The number of aliphatic imine (C=N–C) groups is 1. The van der Waals surface area contributed by atoms with E-state index >= 15 is 0 Å². The minimum atomic E-state index is 0.630. The first-order valence-electron chi connectivity index (χ1n) is 9.01. The Kier molecular flexibility index (Phi) is 7.86. The van der Waals surface area contributed by atoms with Gasteiger partial charge in [-0.15, -0.1) is 0 Å². The van der Waals surface area contributed by atoms with Gasteiger partial charge in [-0.2, -0.15) is 0 Å². The van der Waals surface area contributed by atoms with E-state index in [2.05, 4.69) is 40.0 Å².